The highest BCUT2D eigenvalue weighted by atomic mass is 16.2. The smallest absolute Gasteiger partial charge is 0.316 e. The number of piperidine rings is 1. The maximum Gasteiger partial charge on any atom is 0.316 e. The highest BCUT2D eigenvalue weighted by Gasteiger charge is 2.14. The molecule has 0 aromatic heterocycles. The second-order valence-corrected chi connectivity index (χ2v) is 4.56. The van der Waals surface area contributed by atoms with Crippen molar-refractivity contribution in [3.63, 3.8) is 0 Å². The van der Waals surface area contributed by atoms with Crippen molar-refractivity contribution < 1.29 is 9.59 Å². The number of carbonyl (C=O) groups excluding carboxylic acids is 2. The van der Waals surface area contributed by atoms with E-state index in [1.807, 2.05) is 5.01 Å². The summed E-state index contributed by atoms with van der Waals surface area (Å²) in [6.45, 7) is 1.76. The first-order valence-corrected chi connectivity index (χ1v) is 6.37. The van der Waals surface area contributed by atoms with E-state index in [0.717, 1.165) is 25.9 Å². The third kappa shape index (κ3) is 3.96. The normalized spacial score (nSPS) is 15.8. The summed E-state index contributed by atoms with van der Waals surface area (Å²) >= 11 is 0. The Morgan fingerprint density at radius 3 is 2.58 bits per heavy atom. The number of hydrogen-bond acceptors (Lipinski definition) is 3. The fraction of sp³-hybridized carbons (Fsp3) is 0.385. The second kappa shape index (κ2) is 6.19. The van der Waals surface area contributed by atoms with E-state index in [1.165, 1.54) is 6.42 Å². The number of nitrogens with one attached hydrogen (secondary N) is 2. The SMILES string of the molecule is NC(=O)Nc1cccc(C(=O)NN2CCCCC2)c1. The van der Waals surface area contributed by atoms with Crippen LogP contribution in [0.25, 0.3) is 0 Å². The fourth-order valence-electron chi connectivity index (χ4n) is 2.09. The number of primary amides is 1. The molecule has 6 nitrogen and oxygen atoms in total. The average molecular weight is 262 g/mol. The maximum atomic E-state index is 12.1. The summed E-state index contributed by atoms with van der Waals surface area (Å²) in [7, 11) is 0. The van der Waals surface area contributed by atoms with Crippen LogP contribution in [0.15, 0.2) is 24.3 Å². The molecular weight excluding hydrogens is 244 g/mol. The van der Waals surface area contributed by atoms with Crippen LogP contribution in [0.3, 0.4) is 0 Å². The number of hydrazine groups is 1. The Labute approximate surface area is 111 Å². The van der Waals surface area contributed by atoms with Crippen molar-refractivity contribution in [2.45, 2.75) is 19.3 Å². The fourth-order valence-corrected chi connectivity index (χ4v) is 2.09. The predicted molar refractivity (Wildman–Crippen MR) is 72.5 cm³/mol. The van der Waals surface area contributed by atoms with Crippen molar-refractivity contribution in [3.8, 4) is 0 Å². The zero-order valence-electron chi connectivity index (χ0n) is 10.7. The van der Waals surface area contributed by atoms with E-state index in [1.54, 1.807) is 24.3 Å². The average Bonchev–Trinajstić information content (AvgIpc) is 2.39. The van der Waals surface area contributed by atoms with Crippen molar-refractivity contribution in [2.24, 2.45) is 5.73 Å². The third-order valence-electron chi connectivity index (χ3n) is 3.01. The van der Waals surface area contributed by atoms with Crippen LogP contribution in [-0.2, 0) is 0 Å². The van der Waals surface area contributed by atoms with Crippen molar-refractivity contribution in [1.82, 2.24) is 10.4 Å². The summed E-state index contributed by atoms with van der Waals surface area (Å²) in [6, 6.07) is 6.04. The van der Waals surface area contributed by atoms with Gasteiger partial charge in [-0.05, 0) is 31.0 Å². The molecule has 4 N–H and O–H groups in total. The summed E-state index contributed by atoms with van der Waals surface area (Å²) in [5, 5.41) is 4.38. The molecular formula is C13H18N4O2. The van der Waals surface area contributed by atoms with Crippen LogP contribution >= 0.6 is 0 Å². The van der Waals surface area contributed by atoms with Gasteiger partial charge >= 0.3 is 6.03 Å². The third-order valence-corrected chi connectivity index (χ3v) is 3.01. The number of amides is 3. The van der Waals surface area contributed by atoms with Gasteiger partial charge in [0.2, 0.25) is 0 Å². The molecule has 6 heteroatoms. The zero-order chi connectivity index (χ0) is 13.7. The first kappa shape index (κ1) is 13.4. The quantitative estimate of drug-likeness (QED) is 0.767. The van der Waals surface area contributed by atoms with Gasteiger partial charge in [-0.15, -0.1) is 0 Å². The van der Waals surface area contributed by atoms with E-state index < -0.39 is 6.03 Å². The molecule has 1 heterocycles. The minimum absolute atomic E-state index is 0.171. The van der Waals surface area contributed by atoms with Crippen LogP contribution < -0.4 is 16.5 Å². The lowest BCUT2D eigenvalue weighted by Crippen LogP contribution is -2.45. The van der Waals surface area contributed by atoms with E-state index in [4.69, 9.17) is 5.73 Å². The van der Waals surface area contributed by atoms with Gasteiger partial charge in [0.15, 0.2) is 0 Å². The van der Waals surface area contributed by atoms with Crippen molar-refractivity contribution in [3.05, 3.63) is 29.8 Å². The maximum absolute atomic E-state index is 12.1. The minimum Gasteiger partial charge on any atom is -0.351 e. The molecule has 0 unspecified atom stereocenters. The van der Waals surface area contributed by atoms with Crippen LogP contribution in [0.1, 0.15) is 29.6 Å². The number of benzene rings is 1. The van der Waals surface area contributed by atoms with Gasteiger partial charge in [-0.1, -0.05) is 12.5 Å². The largest absolute Gasteiger partial charge is 0.351 e. The molecule has 1 aliphatic rings. The Morgan fingerprint density at radius 2 is 1.89 bits per heavy atom. The van der Waals surface area contributed by atoms with Crippen LogP contribution in [0.2, 0.25) is 0 Å². The van der Waals surface area contributed by atoms with Crippen molar-refractivity contribution in [1.29, 1.82) is 0 Å². The van der Waals surface area contributed by atoms with Gasteiger partial charge < -0.3 is 11.1 Å². The molecule has 0 spiro atoms. The Bertz CT molecular complexity index is 469. The Morgan fingerprint density at radius 1 is 1.16 bits per heavy atom. The molecule has 1 aliphatic heterocycles. The predicted octanol–water partition coefficient (Wildman–Crippen LogP) is 1.31. The van der Waals surface area contributed by atoms with Gasteiger partial charge in [0.05, 0.1) is 0 Å². The van der Waals surface area contributed by atoms with E-state index in [9.17, 15) is 9.59 Å². The molecule has 19 heavy (non-hydrogen) atoms. The number of nitrogens with zero attached hydrogens (tertiary/aromatic N) is 1. The molecule has 102 valence electrons. The molecule has 0 bridgehead atoms. The molecule has 3 amide bonds. The number of rotatable bonds is 3. The van der Waals surface area contributed by atoms with E-state index >= 15 is 0 Å². The van der Waals surface area contributed by atoms with E-state index in [2.05, 4.69) is 10.7 Å². The zero-order valence-corrected chi connectivity index (χ0v) is 10.7. The molecule has 0 saturated carbocycles. The lowest BCUT2D eigenvalue weighted by Gasteiger charge is -2.26. The van der Waals surface area contributed by atoms with Crippen LogP contribution in [0.5, 0.6) is 0 Å². The minimum atomic E-state index is -0.645. The molecule has 2 rings (SSSR count). The van der Waals surface area contributed by atoms with Gasteiger partial charge in [0, 0.05) is 24.3 Å². The van der Waals surface area contributed by atoms with Crippen LogP contribution in [0.4, 0.5) is 10.5 Å². The number of carbonyl (C=O) groups is 2. The number of anilines is 1. The second-order valence-electron chi connectivity index (χ2n) is 4.56. The number of nitrogens with two attached hydrogens (primary N) is 1. The molecule has 0 atom stereocenters. The summed E-state index contributed by atoms with van der Waals surface area (Å²) in [5.74, 6) is -0.171. The van der Waals surface area contributed by atoms with Gasteiger partial charge in [-0.2, -0.15) is 0 Å². The summed E-state index contributed by atoms with van der Waals surface area (Å²) in [6.07, 6.45) is 3.41. The molecule has 1 aromatic rings. The summed E-state index contributed by atoms with van der Waals surface area (Å²) < 4.78 is 0. The van der Waals surface area contributed by atoms with Crippen molar-refractivity contribution in [2.75, 3.05) is 18.4 Å². The Kier molecular flexibility index (Phi) is 4.35. The van der Waals surface area contributed by atoms with Gasteiger partial charge in [0.25, 0.3) is 5.91 Å². The number of urea groups is 1. The van der Waals surface area contributed by atoms with E-state index in [-0.39, 0.29) is 5.91 Å². The van der Waals surface area contributed by atoms with Gasteiger partial charge in [-0.25, -0.2) is 9.80 Å². The van der Waals surface area contributed by atoms with Crippen LogP contribution in [-0.4, -0.2) is 30.0 Å². The highest BCUT2D eigenvalue weighted by molar-refractivity contribution is 5.96. The first-order chi connectivity index (χ1) is 9.15. The monoisotopic (exact) mass is 262 g/mol. The molecule has 0 aliphatic carbocycles. The van der Waals surface area contributed by atoms with Crippen LogP contribution in [0, 0.1) is 0 Å². The first-order valence-electron chi connectivity index (χ1n) is 6.37. The lowest BCUT2D eigenvalue weighted by atomic mass is 10.1. The number of hydrogen-bond donors (Lipinski definition) is 3. The van der Waals surface area contributed by atoms with Gasteiger partial charge in [0.1, 0.15) is 0 Å². The van der Waals surface area contributed by atoms with Crippen molar-refractivity contribution >= 4 is 17.6 Å². The van der Waals surface area contributed by atoms with E-state index in [0.29, 0.717) is 11.3 Å². The Hall–Kier alpha value is -2.08. The molecule has 1 saturated heterocycles. The molecule has 1 aromatic carbocycles. The summed E-state index contributed by atoms with van der Waals surface area (Å²) in [4.78, 5) is 22.8. The summed E-state index contributed by atoms with van der Waals surface area (Å²) in [5.41, 5.74) is 8.92. The lowest BCUT2D eigenvalue weighted by molar-refractivity contribution is 0.0750. The highest BCUT2D eigenvalue weighted by Crippen LogP contribution is 2.11. The standard InChI is InChI=1S/C13H18N4O2/c14-13(19)15-11-6-4-5-10(9-11)12(18)16-17-7-2-1-3-8-17/h4-6,9H,1-3,7-8H2,(H,16,18)(H3,14,15,19). The topological polar surface area (TPSA) is 87.5 Å². The van der Waals surface area contributed by atoms with Gasteiger partial charge in [-0.3, -0.25) is 10.2 Å². The Balaban J connectivity index is 1.99. The molecule has 0 radical (unpaired) electrons. The molecule has 1 fully saturated rings.